The second-order valence-electron chi connectivity index (χ2n) is 8.33. The van der Waals surface area contributed by atoms with Gasteiger partial charge in [-0.05, 0) is 24.3 Å². The van der Waals surface area contributed by atoms with Crippen LogP contribution in [-0.2, 0) is 19.3 Å². The van der Waals surface area contributed by atoms with Gasteiger partial charge in [0, 0.05) is 36.3 Å². The molecule has 1 aliphatic rings. The number of halogens is 2. The zero-order valence-corrected chi connectivity index (χ0v) is 20.8. The molecule has 11 nitrogen and oxygen atoms in total. The van der Waals surface area contributed by atoms with Gasteiger partial charge in [0.15, 0.2) is 21.3 Å². The molecule has 0 radical (unpaired) electrons. The van der Waals surface area contributed by atoms with Crippen LogP contribution in [0.25, 0.3) is 22.2 Å². The molecule has 1 aromatic carbocycles. The number of hydrogen-bond donors (Lipinski definition) is 1. The smallest absolute Gasteiger partial charge is 0.356 e. The van der Waals surface area contributed by atoms with Gasteiger partial charge in [-0.15, -0.1) is 0 Å². The number of ether oxygens (including phenoxy) is 2. The third-order valence-electron chi connectivity index (χ3n) is 5.84. The van der Waals surface area contributed by atoms with Crippen molar-refractivity contribution in [3.05, 3.63) is 71.3 Å². The van der Waals surface area contributed by atoms with E-state index in [2.05, 4.69) is 25.1 Å². The summed E-state index contributed by atoms with van der Waals surface area (Å²) in [4.78, 5) is 32.5. The van der Waals surface area contributed by atoms with E-state index < -0.39 is 50.0 Å². The van der Waals surface area contributed by atoms with Gasteiger partial charge in [-0.1, -0.05) is 6.07 Å². The molecule has 14 heteroatoms. The van der Waals surface area contributed by atoms with Crippen molar-refractivity contribution in [2.75, 3.05) is 26.5 Å². The molecule has 1 fully saturated rings. The number of sulfone groups is 1. The van der Waals surface area contributed by atoms with Crippen molar-refractivity contribution in [2.24, 2.45) is 0 Å². The van der Waals surface area contributed by atoms with Gasteiger partial charge in [-0.2, -0.15) is 5.10 Å². The first-order valence-electron chi connectivity index (χ1n) is 11.1. The third kappa shape index (κ3) is 4.42. The molecule has 1 saturated heterocycles. The Balaban J connectivity index is 1.67. The number of fused-ring (bicyclic) bond motifs is 1. The predicted octanol–water partition coefficient (Wildman–Crippen LogP) is 2.27. The standard InChI is InChI=1S/C24H19F2N5O6S/c1-36-23(33)17-6-3-12(10-28-17)13-9-15-19(30-31(22(15)29-11-13)24-27-7-8-37-24)20(32)14-4-5-16(25)21(18(14)26)38(2,34)35/h3-6,9-11,24,27H,7-8H2,1-2H3. The number of pyridine rings is 2. The fourth-order valence-corrected chi connectivity index (χ4v) is 4.90. The molecule has 0 saturated carbocycles. The van der Waals surface area contributed by atoms with Crippen LogP contribution in [0.5, 0.6) is 0 Å². The van der Waals surface area contributed by atoms with Gasteiger partial charge in [0.25, 0.3) is 0 Å². The Morgan fingerprint density at radius 3 is 2.53 bits per heavy atom. The largest absolute Gasteiger partial charge is 0.464 e. The topological polar surface area (TPSA) is 142 Å². The molecule has 0 spiro atoms. The number of benzene rings is 1. The molecule has 1 atom stereocenters. The molecule has 1 aliphatic heterocycles. The highest BCUT2D eigenvalue weighted by atomic mass is 32.2. The number of nitrogens with zero attached hydrogens (tertiary/aromatic N) is 4. The molecule has 0 bridgehead atoms. The highest BCUT2D eigenvalue weighted by molar-refractivity contribution is 7.90. The van der Waals surface area contributed by atoms with Crippen LogP contribution < -0.4 is 5.32 Å². The maximum Gasteiger partial charge on any atom is 0.356 e. The Morgan fingerprint density at radius 2 is 1.89 bits per heavy atom. The highest BCUT2D eigenvalue weighted by Gasteiger charge is 2.30. The minimum absolute atomic E-state index is 0.0897. The van der Waals surface area contributed by atoms with Crippen LogP contribution in [0, 0.1) is 11.6 Å². The minimum Gasteiger partial charge on any atom is -0.464 e. The van der Waals surface area contributed by atoms with E-state index in [0.29, 0.717) is 36.6 Å². The normalized spacial score (nSPS) is 15.6. The van der Waals surface area contributed by atoms with Crippen LogP contribution in [0.4, 0.5) is 8.78 Å². The number of carbonyl (C=O) groups is 2. The van der Waals surface area contributed by atoms with Crippen LogP contribution in [0.3, 0.4) is 0 Å². The number of carbonyl (C=O) groups excluding carboxylic acids is 2. The number of methoxy groups -OCH3 is 1. The van der Waals surface area contributed by atoms with Crippen LogP contribution >= 0.6 is 0 Å². The maximum atomic E-state index is 15.2. The van der Waals surface area contributed by atoms with Crippen LogP contribution in [0.15, 0.2) is 47.6 Å². The average molecular weight is 544 g/mol. The van der Waals surface area contributed by atoms with Gasteiger partial charge in [0.05, 0.1) is 24.7 Å². The molecule has 5 rings (SSSR count). The highest BCUT2D eigenvalue weighted by Crippen LogP contribution is 2.30. The van der Waals surface area contributed by atoms with Gasteiger partial charge < -0.3 is 9.47 Å². The first-order chi connectivity index (χ1) is 18.1. The second-order valence-corrected chi connectivity index (χ2v) is 10.3. The Labute approximate surface area is 214 Å². The zero-order valence-electron chi connectivity index (χ0n) is 19.9. The van der Waals surface area contributed by atoms with Crippen molar-refractivity contribution < 1.29 is 36.3 Å². The number of esters is 1. The average Bonchev–Trinajstić information content (AvgIpc) is 3.55. The summed E-state index contributed by atoms with van der Waals surface area (Å²) in [5.41, 5.74) is 0.421. The lowest BCUT2D eigenvalue weighted by atomic mass is 10.0. The van der Waals surface area contributed by atoms with Crippen molar-refractivity contribution in [1.29, 1.82) is 0 Å². The van der Waals surface area contributed by atoms with Gasteiger partial charge in [-0.25, -0.2) is 36.6 Å². The summed E-state index contributed by atoms with van der Waals surface area (Å²) in [6.45, 7) is 0.881. The molecule has 0 aliphatic carbocycles. The van der Waals surface area contributed by atoms with E-state index in [9.17, 15) is 22.4 Å². The summed E-state index contributed by atoms with van der Waals surface area (Å²) in [5, 5.41) is 7.56. The summed E-state index contributed by atoms with van der Waals surface area (Å²) < 4.78 is 64.9. The number of hydrogen-bond acceptors (Lipinski definition) is 10. The summed E-state index contributed by atoms with van der Waals surface area (Å²) >= 11 is 0. The predicted molar refractivity (Wildman–Crippen MR) is 128 cm³/mol. The molecule has 4 aromatic rings. The summed E-state index contributed by atoms with van der Waals surface area (Å²) in [6, 6.07) is 6.21. The zero-order chi connectivity index (χ0) is 27.2. The van der Waals surface area contributed by atoms with Crippen LogP contribution in [-0.4, -0.2) is 66.4 Å². The van der Waals surface area contributed by atoms with Crippen molar-refractivity contribution in [3.8, 4) is 11.1 Å². The lowest BCUT2D eigenvalue weighted by Crippen LogP contribution is -2.22. The second kappa shape index (κ2) is 9.63. The van der Waals surface area contributed by atoms with E-state index in [0.717, 1.165) is 6.07 Å². The lowest BCUT2D eigenvalue weighted by Gasteiger charge is -2.11. The van der Waals surface area contributed by atoms with E-state index in [-0.39, 0.29) is 22.4 Å². The van der Waals surface area contributed by atoms with Crippen molar-refractivity contribution >= 4 is 32.6 Å². The van der Waals surface area contributed by atoms with Gasteiger partial charge >= 0.3 is 5.97 Å². The van der Waals surface area contributed by atoms with E-state index in [4.69, 9.17) is 4.74 Å². The van der Waals surface area contributed by atoms with E-state index >= 15 is 4.39 Å². The first-order valence-corrected chi connectivity index (χ1v) is 13.0. The summed E-state index contributed by atoms with van der Waals surface area (Å²) in [5.74, 6) is -4.42. The number of nitrogens with one attached hydrogen (secondary N) is 1. The molecule has 38 heavy (non-hydrogen) atoms. The molecule has 4 heterocycles. The SMILES string of the molecule is COC(=O)c1ccc(-c2cnc3c(c2)c(C(=O)c2ccc(F)c(S(C)(=O)=O)c2F)nn3C2NCCO2)cn1. The van der Waals surface area contributed by atoms with Crippen molar-refractivity contribution in [3.63, 3.8) is 0 Å². The molecule has 196 valence electrons. The number of aromatic nitrogens is 4. The Kier molecular flexibility index (Phi) is 6.46. The number of ketones is 1. The lowest BCUT2D eigenvalue weighted by molar-refractivity contribution is 0.0372. The molecule has 3 aromatic heterocycles. The van der Waals surface area contributed by atoms with E-state index in [1.165, 1.54) is 30.3 Å². The Hall–Kier alpha value is -4.14. The monoisotopic (exact) mass is 543 g/mol. The fourth-order valence-electron chi connectivity index (χ4n) is 4.05. The van der Waals surface area contributed by atoms with Crippen molar-refractivity contribution in [2.45, 2.75) is 11.2 Å². The molecule has 0 amide bonds. The van der Waals surface area contributed by atoms with Gasteiger partial charge in [0.1, 0.15) is 22.1 Å². The molecular formula is C24H19F2N5O6S. The van der Waals surface area contributed by atoms with Gasteiger partial charge in [0.2, 0.25) is 12.1 Å². The quantitative estimate of drug-likeness (QED) is 0.284. The Bertz CT molecular complexity index is 1700. The maximum absolute atomic E-state index is 15.2. The van der Waals surface area contributed by atoms with Crippen molar-refractivity contribution in [1.82, 2.24) is 25.1 Å². The number of rotatable bonds is 6. The van der Waals surface area contributed by atoms with Gasteiger partial charge in [-0.3, -0.25) is 10.1 Å². The van der Waals surface area contributed by atoms with E-state index in [1.807, 2.05) is 0 Å². The molecule has 1 N–H and O–H groups in total. The summed E-state index contributed by atoms with van der Waals surface area (Å²) in [6.07, 6.45) is 2.80. The van der Waals surface area contributed by atoms with Crippen LogP contribution in [0.1, 0.15) is 32.9 Å². The molecule has 1 unspecified atom stereocenters. The minimum atomic E-state index is -4.32. The third-order valence-corrected chi connectivity index (χ3v) is 6.95. The first kappa shape index (κ1) is 25.5. The molecular weight excluding hydrogens is 524 g/mol. The van der Waals surface area contributed by atoms with Crippen LogP contribution in [0.2, 0.25) is 0 Å². The summed E-state index contributed by atoms with van der Waals surface area (Å²) in [7, 11) is -3.08. The fraction of sp³-hybridized carbons (Fsp3) is 0.208. The van der Waals surface area contributed by atoms with E-state index in [1.54, 1.807) is 12.1 Å². The Morgan fingerprint density at radius 1 is 1.13 bits per heavy atom.